The third-order valence-corrected chi connectivity index (χ3v) is 5.36. The van der Waals surface area contributed by atoms with Crippen LogP contribution >= 0.6 is 0 Å². The van der Waals surface area contributed by atoms with E-state index in [1.807, 2.05) is 37.3 Å². The predicted molar refractivity (Wildman–Crippen MR) is 108 cm³/mol. The highest BCUT2D eigenvalue weighted by Crippen LogP contribution is 2.22. The van der Waals surface area contributed by atoms with Gasteiger partial charge >= 0.3 is 0 Å². The van der Waals surface area contributed by atoms with Gasteiger partial charge in [0.15, 0.2) is 9.84 Å². The second kappa shape index (κ2) is 8.27. The van der Waals surface area contributed by atoms with E-state index in [-0.39, 0.29) is 16.8 Å². The maximum absolute atomic E-state index is 12.6. The lowest BCUT2D eigenvalue weighted by atomic mass is 10.1. The summed E-state index contributed by atoms with van der Waals surface area (Å²) in [6.07, 6.45) is 1.16. The van der Waals surface area contributed by atoms with Gasteiger partial charge in [0.25, 0.3) is 5.91 Å². The maximum Gasteiger partial charge on any atom is 0.251 e. The molecule has 3 rings (SSSR count). The normalized spacial score (nSPS) is 12.2. The molecule has 0 spiro atoms. The molecule has 0 radical (unpaired) electrons. The molecule has 0 fully saturated rings. The first-order valence-electron chi connectivity index (χ1n) is 8.77. The molecule has 0 aliphatic carbocycles. The molecule has 0 heterocycles. The van der Waals surface area contributed by atoms with Crippen molar-refractivity contribution in [3.63, 3.8) is 0 Å². The van der Waals surface area contributed by atoms with Crippen molar-refractivity contribution >= 4 is 15.7 Å². The number of amides is 1. The topological polar surface area (TPSA) is 72.5 Å². The molecule has 0 aliphatic heterocycles. The monoisotopic (exact) mass is 395 g/mol. The molecular weight excluding hydrogens is 374 g/mol. The van der Waals surface area contributed by atoms with Crippen molar-refractivity contribution in [2.75, 3.05) is 6.26 Å². The predicted octanol–water partition coefficient (Wildman–Crippen LogP) is 4.37. The van der Waals surface area contributed by atoms with Gasteiger partial charge in [-0.15, -0.1) is 0 Å². The van der Waals surface area contributed by atoms with Gasteiger partial charge in [0.1, 0.15) is 11.5 Å². The summed E-state index contributed by atoms with van der Waals surface area (Å²) in [4.78, 5) is 12.8. The molecule has 1 atom stereocenters. The Labute approximate surface area is 164 Å². The second-order valence-electron chi connectivity index (χ2n) is 6.48. The van der Waals surface area contributed by atoms with Gasteiger partial charge in [-0.2, -0.15) is 0 Å². The molecule has 0 saturated carbocycles. The summed E-state index contributed by atoms with van der Waals surface area (Å²) in [6.45, 7) is 1.84. The lowest BCUT2D eigenvalue weighted by Crippen LogP contribution is -2.26. The second-order valence-corrected chi connectivity index (χ2v) is 8.50. The summed E-state index contributed by atoms with van der Waals surface area (Å²) >= 11 is 0. The number of hydrogen-bond donors (Lipinski definition) is 1. The van der Waals surface area contributed by atoms with E-state index in [0.29, 0.717) is 17.1 Å². The van der Waals surface area contributed by atoms with Crippen molar-refractivity contribution < 1.29 is 17.9 Å². The van der Waals surface area contributed by atoms with Crippen molar-refractivity contribution in [1.82, 2.24) is 5.32 Å². The first-order chi connectivity index (χ1) is 13.3. The number of sulfone groups is 1. The van der Waals surface area contributed by atoms with E-state index in [2.05, 4.69) is 5.32 Å². The van der Waals surface area contributed by atoms with Crippen molar-refractivity contribution in [1.29, 1.82) is 0 Å². The molecule has 3 aromatic carbocycles. The smallest absolute Gasteiger partial charge is 0.251 e. The fourth-order valence-corrected chi connectivity index (χ4v) is 3.32. The number of carbonyl (C=O) groups excluding carboxylic acids is 1. The van der Waals surface area contributed by atoms with Crippen LogP contribution in [0.1, 0.15) is 28.9 Å². The van der Waals surface area contributed by atoms with Gasteiger partial charge in [-0.05, 0) is 55.0 Å². The van der Waals surface area contributed by atoms with Crippen LogP contribution in [0.2, 0.25) is 0 Å². The Hall–Kier alpha value is -3.12. The number of benzene rings is 3. The van der Waals surface area contributed by atoms with Gasteiger partial charge in [0.2, 0.25) is 0 Å². The van der Waals surface area contributed by atoms with Crippen molar-refractivity contribution in [3.05, 3.63) is 90.0 Å². The van der Waals surface area contributed by atoms with E-state index in [9.17, 15) is 13.2 Å². The highest BCUT2D eigenvalue weighted by atomic mass is 32.2. The highest BCUT2D eigenvalue weighted by molar-refractivity contribution is 7.90. The van der Waals surface area contributed by atoms with Crippen LogP contribution in [0.25, 0.3) is 0 Å². The summed E-state index contributed by atoms with van der Waals surface area (Å²) in [5, 5.41) is 2.92. The van der Waals surface area contributed by atoms with Gasteiger partial charge in [-0.1, -0.05) is 36.4 Å². The largest absolute Gasteiger partial charge is 0.457 e. The summed E-state index contributed by atoms with van der Waals surface area (Å²) in [7, 11) is -3.24. The van der Waals surface area contributed by atoms with E-state index in [1.54, 1.807) is 48.5 Å². The summed E-state index contributed by atoms with van der Waals surface area (Å²) in [5.41, 5.74) is 1.30. The van der Waals surface area contributed by atoms with E-state index in [4.69, 9.17) is 4.74 Å². The van der Waals surface area contributed by atoms with Crippen molar-refractivity contribution in [2.45, 2.75) is 17.9 Å². The van der Waals surface area contributed by atoms with Crippen LogP contribution in [0.3, 0.4) is 0 Å². The third-order valence-electron chi connectivity index (χ3n) is 4.23. The molecular formula is C22H21NO4S. The Bertz CT molecular complexity index is 1060. The molecule has 28 heavy (non-hydrogen) atoms. The van der Waals surface area contributed by atoms with Gasteiger partial charge in [0, 0.05) is 11.8 Å². The minimum atomic E-state index is -3.24. The Balaban J connectivity index is 1.69. The molecule has 5 nitrogen and oxygen atoms in total. The maximum atomic E-state index is 12.6. The van der Waals surface area contributed by atoms with Crippen LogP contribution in [0.4, 0.5) is 0 Å². The Morgan fingerprint density at radius 1 is 0.893 bits per heavy atom. The fraction of sp³-hybridized carbons (Fsp3) is 0.136. The minimum Gasteiger partial charge on any atom is -0.457 e. The van der Waals surface area contributed by atoms with Gasteiger partial charge in [-0.25, -0.2) is 8.42 Å². The van der Waals surface area contributed by atoms with Crippen LogP contribution in [0.15, 0.2) is 83.8 Å². The van der Waals surface area contributed by atoms with E-state index >= 15 is 0 Å². The van der Waals surface area contributed by atoms with E-state index in [0.717, 1.165) is 11.8 Å². The average molecular weight is 395 g/mol. The van der Waals surface area contributed by atoms with E-state index in [1.165, 1.54) is 0 Å². The standard InChI is InChI=1S/C22H21NO4S/c1-16(17-11-13-21(14-12-17)28(2,25)26)23-22(24)18-7-6-10-20(15-18)27-19-8-4-3-5-9-19/h3-16H,1-2H3,(H,23,24). The molecule has 1 unspecified atom stereocenters. The zero-order chi connectivity index (χ0) is 20.1. The lowest BCUT2D eigenvalue weighted by Gasteiger charge is -2.15. The number of hydrogen-bond acceptors (Lipinski definition) is 4. The molecule has 0 aromatic heterocycles. The van der Waals surface area contributed by atoms with Crippen LogP contribution < -0.4 is 10.1 Å². The van der Waals surface area contributed by atoms with Crippen molar-refractivity contribution in [3.8, 4) is 11.5 Å². The number of rotatable bonds is 6. The zero-order valence-electron chi connectivity index (χ0n) is 15.6. The molecule has 6 heteroatoms. The zero-order valence-corrected chi connectivity index (χ0v) is 16.4. The average Bonchev–Trinajstić information content (AvgIpc) is 2.68. The fourth-order valence-electron chi connectivity index (χ4n) is 2.69. The van der Waals surface area contributed by atoms with Crippen LogP contribution in [0.5, 0.6) is 11.5 Å². The van der Waals surface area contributed by atoms with Crippen LogP contribution in [-0.4, -0.2) is 20.6 Å². The molecule has 1 amide bonds. The Morgan fingerprint density at radius 3 is 2.18 bits per heavy atom. The number of ether oxygens (including phenoxy) is 1. The number of para-hydroxylation sites is 1. The molecule has 0 bridgehead atoms. The SMILES string of the molecule is CC(NC(=O)c1cccc(Oc2ccccc2)c1)c1ccc(S(C)(=O)=O)cc1. The number of nitrogens with one attached hydrogen (secondary N) is 1. The van der Waals surface area contributed by atoms with Gasteiger partial charge in [-0.3, -0.25) is 4.79 Å². The molecule has 3 aromatic rings. The highest BCUT2D eigenvalue weighted by Gasteiger charge is 2.14. The minimum absolute atomic E-state index is 0.238. The summed E-state index contributed by atoms with van der Waals surface area (Å²) in [6, 6.07) is 22.5. The van der Waals surface area contributed by atoms with Crippen molar-refractivity contribution in [2.24, 2.45) is 0 Å². The van der Waals surface area contributed by atoms with Crippen LogP contribution in [-0.2, 0) is 9.84 Å². The summed E-state index contributed by atoms with van der Waals surface area (Å²) < 4.78 is 28.9. The van der Waals surface area contributed by atoms with Crippen LogP contribution in [0, 0.1) is 0 Å². The third kappa shape index (κ3) is 4.98. The van der Waals surface area contributed by atoms with E-state index < -0.39 is 9.84 Å². The van der Waals surface area contributed by atoms with Gasteiger partial charge in [0.05, 0.1) is 10.9 Å². The number of carbonyl (C=O) groups is 1. The quantitative estimate of drug-likeness (QED) is 0.673. The molecule has 144 valence electrons. The Morgan fingerprint density at radius 2 is 1.54 bits per heavy atom. The molecule has 0 aliphatic rings. The first kappa shape index (κ1) is 19.6. The van der Waals surface area contributed by atoms with Gasteiger partial charge < -0.3 is 10.1 Å². The Kier molecular flexibility index (Phi) is 5.80. The lowest BCUT2D eigenvalue weighted by molar-refractivity contribution is 0.0939. The molecule has 0 saturated heterocycles. The first-order valence-corrected chi connectivity index (χ1v) is 10.7. The molecule has 1 N–H and O–H groups in total. The summed E-state index contributed by atoms with van der Waals surface area (Å²) in [5.74, 6) is 1.03.